The molecular weight excluding hydrogens is 382 g/mol. The predicted octanol–water partition coefficient (Wildman–Crippen LogP) is 1.68. The maximum absolute atomic E-state index is 13.0. The topological polar surface area (TPSA) is 116 Å². The van der Waals surface area contributed by atoms with Crippen molar-refractivity contribution in [2.24, 2.45) is 19.8 Å². The Morgan fingerprint density at radius 3 is 2.61 bits per heavy atom. The molecule has 0 spiro atoms. The lowest BCUT2D eigenvalue weighted by Crippen LogP contribution is -2.37. The molecule has 0 fully saturated rings. The van der Waals surface area contributed by atoms with Crippen LogP contribution in [0, 0.1) is 11.3 Å². The van der Waals surface area contributed by atoms with Gasteiger partial charge in [-0.05, 0) is 25.1 Å². The maximum atomic E-state index is 13.0. The first-order valence-electron chi connectivity index (χ1n) is 8.51. The average Bonchev–Trinajstić information content (AvgIpc) is 2.69. The van der Waals surface area contributed by atoms with Crippen LogP contribution >= 0.6 is 11.6 Å². The summed E-state index contributed by atoms with van der Waals surface area (Å²) in [6.07, 6.45) is 0. The van der Waals surface area contributed by atoms with Crippen LogP contribution in [-0.2, 0) is 20.6 Å². The highest BCUT2D eigenvalue weighted by Gasteiger charge is 2.24. The summed E-state index contributed by atoms with van der Waals surface area (Å²) in [6.45, 7) is 2.11. The van der Waals surface area contributed by atoms with E-state index in [2.05, 4.69) is 11.1 Å². The summed E-state index contributed by atoms with van der Waals surface area (Å²) in [5.41, 5.74) is 6.66. The zero-order valence-corrected chi connectivity index (χ0v) is 16.4. The van der Waals surface area contributed by atoms with Crippen molar-refractivity contribution in [1.29, 1.82) is 5.26 Å². The van der Waals surface area contributed by atoms with E-state index in [1.807, 2.05) is 0 Å². The van der Waals surface area contributed by atoms with Crippen LogP contribution in [0.2, 0.25) is 5.02 Å². The lowest BCUT2D eigenvalue weighted by Gasteiger charge is -2.18. The van der Waals surface area contributed by atoms with E-state index in [0.29, 0.717) is 33.9 Å². The molecule has 0 bridgehead atoms. The van der Waals surface area contributed by atoms with E-state index >= 15 is 0 Å². The number of nitrogens with two attached hydrogens (primary N) is 1. The maximum Gasteiger partial charge on any atom is 0.332 e. The van der Waals surface area contributed by atoms with Crippen molar-refractivity contribution >= 4 is 22.6 Å². The molecule has 3 aromatic rings. The molecule has 0 aliphatic carbocycles. The van der Waals surface area contributed by atoms with E-state index < -0.39 is 11.2 Å². The molecular formula is C19H18ClN5O3. The number of halogens is 1. The highest BCUT2D eigenvalue weighted by atomic mass is 35.5. The van der Waals surface area contributed by atoms with Gasteiger partial charge < -0.3 is 10.5 Å². The van der Waals surface area contributed by atoms with Crippen molar-refractivity contribution < 1.29 is 4.74 Å². The Hall–Kier alpha value is -3.15. The van der Waals surface area contributed by atoms with Gasteiger partial charge in [0, 0.05) is 42.4 Å². The van der Waals surface area contributed by atoms with E-state index in [1.54, 1.807) is 25.1 Å². The number of hydrogen-bond acceptors (Lipinski definition) is 6. The zero-order valence-electron chi connectivity index (χ0n) is 15.6. The van der Waals surface area contributed by atoms with Gasteiger partial charge in [0.25, 0.3) is 5.56 Å². The fraction of sp³-hybridized carbons (Fsp3) is 0.263. The SMILES string of the molecule is CCOc1nc2c(c(-c3cc(Cl)ccc3C#N)c1CN)c(=O)n(C)c(=O)n2C. The number of aromatic nitrogens is 3. The van der Waals surface area contributed by atoms with Gasteiger partial charge in [0.1, 0.15) is 0 Å². The third-order valence-corrected chi connectivity index (χ3v) is 4.74. The summed E-state index contributed by atoms with van der Waals surface area (Å²) < 4.78 is 7.89. The van der Waals surface area contributed by atoms with Crippen LogP contribution in [0.15, 0.2) is 27.8 Å². The number of nitrogens with zero attached hydrogens (tertiary/aromatic N) is 4. The Morgan fingerprint density at radius 2 is 2.00 bits per heavy atom. The van der Waals surface area contributed by atoms with Gasteiger partial charge >= 0.3 is 5.69 Å². The summed E-state index contributed by atoms with van der Waals surface area (Å²) in [6, 6.07) is 6.86. The van der Waals surface area contributed by atoms with Crippen LogP contribution in [-0.4, -0.2) is 20.7 Å². The van der Waals surface area contributed by atoms with E-state index in [0.717, 1.165) is 4.57 Å². The van der Waals surface area contributed by atoms with Crippen LogP contribution in [0.25, 0.3) is 22.2 Å². The minimum Gasteiger partial charge on any atom is -0.478 e. The van der Waals surface area contributed by atoms with Crippen molar-refractivity contribution in [2.45, 2.75) is 13.5 Å². The van der Waals surface area contributed by atoms with Gasteiger partial charge in [0.15, 0.2) is 5.65 Å². The molecule has 0 saturated heterocycles. The predicted molar refractivity (Wildman–Crippen MR) is 106 cm³/mol. The first-order valence-corrected chi connectivity index (χ1v) is 8.88. The largest absolute Gasteiger partial charge is 0.478 e. The molecule has 0 unspecified atom stereocenters. The van der Waals surface area contributed by atoms with Crippen molar-refractivity contribution in [3.05, 3.63) is 55.2 Å². The van der Waals surface area contributed by atoms with E-state index in [1.165, 1.54) is 18.7 Å². The Morgan fingerprint density at radius 1 is 1.29 bits per heavy atom. The second kappa shape index (κ2) is 7.46. The smallest absolute Gasteiger partial charge is 0.332 e. The third kappa shape index (κ3) is 2.95. The van der Waals surface area contributed by atoms with Gasteiger partial charge in [-0.1, -0.05) is 11.6 Å². The van der Waals surface area contributed by atoms with Gasteiger partial charge in [0.2, 0.25) is 5.88 Å². The number of aryl methyl sites for hydroxylation is 1. The summed E-state index contributed by atoms with van der Waals surface area (Å²) >= 11 is 6.17. The highest BCUT2D eigenvalue weighted by molar-refractivity contribution is 6.31. The Balaban J connectivity index is 2.68. The molecule has 8 nitrogen and oxygen atoms in total. The Labute approximate surface area is 165 Å². The zero-order chi connectivity index (χ0) is 20.6. The quantitative estimate of drug-likeness (QED) is 0.713. The van der Waals surface area contributed by atoms with E-state index in [9.17, 15) is 14.9 Å². The Kier molecular flexibility index (Phi) is 5.23. The number of rotatable bonds is 4. The number of fused-ring (bicyclic) bond motifs is 1. The van der Waals surface area contributed by atoms with E-state index in [4.69, 9.17) is 22.1 Å². The van der Waals surface area contributed by atoms with Crippen molar-refractivity contribution in [3.63, 3.8) is 0 Å². The van der Waals surface area contributed by atoms with Gasteiger partial charge in [-0.2, -0.15) is 10.2 Å². The second-order valence-electron chi connectivity index (χ2n) is 6.11. The first-order chi connectivity index (χ1) is 13.3. The van der Waals surface area contributed by atoms with Crippen LogP contribution in [0.3, 0.4) is 0 Å². The Bertz CT molecular complexity index is 1250. The molecule has 3 rings (SSSR count). The second-order valence-corrected chi connectivity index (χ2v) is 6.55. The highest BCUT2D eigenvalue weighted by Crippen LogP contribution is 2.37. The third-order valence-electron chi connectivity index (χ3n) is 4.51. The molecule has 2 N–H and O–H groups in total. The minimum absolute atomic E-state index is 0.0109. The number of hydrogen-bond donors (Lipinski definition) is 1. The number of nitriles is 1. The van der Waals surface area contributed by atoms with E-state index in [-0.39, 0.29) is 23.5 Å². The molecule has 2 heterocycles. The van der Waals surface area contributed by atoms with Crippen LogP contribution in [0.1, 0.15) is 18.1 Å². The van der Waals surface area contributed by atoms with Gasteiger partial charge in [0.05, 0.1) is 23.6 Å². The molecule has 0 saturated carbocycles. The lowest BCUT2D eigenvalue weighted by atomic mass is 9.94. The van der Waals surface area contributed by atoms with Crippen molar-refractivity contribution in [3.8, 4) is 23.1 Å². The monoisotopic (exact) mass is 399 g/mol. The fourth-order valence-corrected chi connectivity index (χ4v) is 3.34. The molecule has 1 aromatic carbocycles. The number of pyridine rings is 1. The summed E-state index contributed by atoms with van der Waals surface area (Å²) in [5, 5.41) is 10.2. The fourth-order valence-electron chi connectivity index (χ4n) is 3.17. The minimum atomic E-state index is -0.540. The molecule has 0 aliphatic rings. The molecule has 28 heavy (non-hydrogen) atoms. The molecule has 0 radical (unpaired) electrons. The van der Waals surface area contributed by atoms with Gasteiger partial charge in [-0.25, -0.2) is 4.79 Å². The molecule has 9 heteroatoms. The molecule has 144 valence electrons. The van der Waals surface area contributed by atoms with Gasteiger partial charge in [-0.15, -0.1) is 0 Å². The standard InChI is InChI=1S/C19H18ClN5O3/c1-4-28-17-13(9-22)14(12-7-11(20)6-5-10(12)8-21)15-16(23-17)24(2)19(27)25(3)18(15)26/h5-7H,4,9,22H2,1-3H3. The van der Waals surface area contributed by atoms with Crippen LogP contribution in [0.4, 0.5) is 0 Å². The molecule has 0 amide bonds. The summed E-state index contributed by atoms with van der Waals surface area (Å²) in [4.78, 5) is 29.8. The van der Waals surface area contributed by atoms with Crippen LogP contribution < -0.4 is 21.7 Å². The molecule has 0 atom stereocenters. The lowest BCUT2D eigenvalue weighted by molar-refractivity contribution is 0.324. The van der Waals surface area contributed by atoms with Crippen molar-refractivity contribution in [1.82, 2.24) is 14.1 Å². The number of ether oxygens (including phenoxy) is 1. The molecule has 2 aromatic heterocycles. The van der Waals surface area contributed by atoms with Gasteiger partial charge in [-0.3, -0.25) is 13.9 Å². The molecule has 0 aliphatic heterocycles. The van der Waals surface area contributed by atoms with Crippen molar-refractivity contribution in [2.75, 3.05) is 6.61 Å². The normalized spacial score (nSPS) is 10.9. The average molecular weight is 400 g/mol. The first kappa shape index (κ1) is 19.6. The summed E-state index contributed by atoms with van der Waals surface area (Å²) in [7, 11) is 2.90. The number of benzene rings is 1. The summed E-state index contributed by atoms with van der Waals surface area (Å²) in [5.74, 6) is 0.208. The van der Waals surface area contributed by atoms with Crippen LogP contribution in [0.5, 0.6) is 5.88 Å².